The van der Waals surface area contributed by atoms with Crippen molar-refractivity contribution in [2.75, 3.05) is 13.2 Å². The molecule has 2 nitrogen and oxygen atoms in total. The molecule has 0 aliphatic carbocycles. The van der Waals surface area contributed by atoms with Crippen LogP contribution in [0.5, 0.6) is 0 Å². The summed E-state index contributed by atoms with van der Waals surface area (Å²) in [5, 5.41) is 0.157. The summed E-state index contributed by atoms with van der Waals surface area (Å²) in [6.45, 7) is 9.72. The van der Waals surface area contributed by atoms with Crippen LogP contribution in [0.2, 0.25) is 5.54 Å². The van der Waals surface area contributed by atoms with E-state index in [1.807, 2.05) is 20.8 Å². The quantitative estimate of drug-likeness (QED) is 0.478. The van der Waals surface area contributed by atoms with Crippen LogP contribution in [0, 0.1) is 0 Å². The number of hydrogen-bond acceptors (Lipinski definition) is 2. The van der Waals surface area contributed by atoms with Crippen LogP contribution >= 0.6 is 11.6 Å². The second kappa shape index (κ2) is 8.71. The molecule has 0 aliphatic rings. The lowest BCUT2D eigenvalue weighted by Gasteiger charge is -2.26. The van der Waals surface area contributed by atoms with Crippen molar-refractivity contribution in [2.24, 2.45) is 0 Å². The first-order valence-electron chi connectivity index (χ1n) is 5.54. The van der Waals surface area contributed by atoms with Gasteiger partial charge in [0.2, 0.25) is 0 Å². The van der Waals surface area contributed by atoms with Crippen molar-refractivity contribution in [3.63, 3.8) is 0 Å². The minimum Gasteiger partial charge on any atom is -0.397 e. The molecule has 0 heterocycles. The maximum absolute atomic E-state index is 6.16. The molecule has 0 spiro atoms. The van der Waals surface area contributed by atoms with Crippen LogP contribution in [0.3, 0.4) is 0 Å². The maximum atomic E-state index is 6.16. The predicted molar refractivity (Wildman–Crippen MR) is 64.4 cm³/mol. The highest BCUT2D eigenvalue weighted by Gasteiger charge is 2.28. The van der Waals surface area contributed by atoms with Crippen molar-refractivity contribution < 1.29 is 8.85 Å². The minimum absolute atomic E-state index is 0.157. The largest absolute Gasteiger partial charge is 0.397 e. The summed E-state index contributed by atoms with van der Waals surface area (Å²) in [5.41, 5.74) is 0.432. The normalized spacial score (nSPS) is 15.9. The molecule has 0 bridgehead atoms. The molecule has 0 aliphatic heterocycles. The third-order valence-electron chi connectivity index (χ3n) is 2.22. The summed E-state index contributed by atoms with van der Waals surface area (Å²) in [6.07, 6.45) is 2.26. The summed E-state index contributed by atoms with van der Waals surface area (Å²) in [7, 11) is -1.56. The van der Waals surface area contributed by atoms with Gasteiger partial charge in [-0.05, 0) is 27.2 Å². The highest BCUT2D eigenvalue weighted by Crippen LogP contribution is 2.27. The molecule has 0 rings (SSSR count). The standard InChI is InChI=1S/C10H23ClO2Si/c1-5-8-10(9(4)11)14(12-6-2)13-7-3/h9-10,14H,5-8H2,1-4H3. The summed E-state index contributed by atoms with van der Waals surface area (Å²) in [5.74, 6) is 0. The summed E-state index contributed by atoms with van der Waals surface area (Å²) in [4.78, 5) is 0. The van der Waals surface area contributed by atoms with Gasteiger partial charge in [-0.2, -0.15) is 0 Å². The van der Waals surface area contributed by atoms with Gasteiger partial charge in [-0.15, -0.1) is 11.6 Å². The zero-order chi connectivity index (χ0) is 11.0. The number of halogens is 1. The van der Waals surface area contributed by atoms with E-state index in [0.29, 0.717) is 5.54 Å². The van der Waals surface area contributed by atoms with E-state index in [1.54, 1.807) is 0 Å². The summed E-state index contributed by atoms with van der Waals surface area (Å²) < 4.78 is 11.4. The lowest BCUT2D eigenvalue weighted by atomic mass is 10.2. The number of rotatable bonds is 8. The van der Waals surface area contributed by atoms with Gasteiger partial charge in [0.05, 0.1) is 0 Å². The van der Waals surface area contributed by atoms with E-state index in [9.17, 15) is 0 Å². The van der Waals surface area contributed by atoms with E-state index in [-0.39, 0.29) is 5.38 Å². The Kier molecular flexibility index (Phi) is 8.98. The van der Waals surface area contributed by atoms with Crippen LogP contribution in [-0.4, -0.2) is 27.9 Å². The van der Waals surface area contributed by atoms with Gasteiger partial charge in [-0.3, -0.25) is 0 Å². The molecule has 0 aromatic heterocycles. The number of alkyl halides is 1. The fraction of sp³-hybridized carbons (Fsp3) is 1.00. The van der Waals surface area contributed by atoms with Crippen molar-refractivity contribution in [3.8, 4) is 0 Å². The van der Waals surface area contributed by atoms with Crippen molar-refractivity contribution in [2.45, 2.75) is 51.5 Å². The van der Waals surface area contributed by atoms with Gasteiger partial charge in [0.1, 0.15) is 0 Å². The zero-order valence-electron chi connectivity index (χ0n) is 9.75. The average molecular weight is 239 g/mol. The average Bonchev–Trinajstić information content (AvgIpc) is 2.13. The van der Waals surface area contributed by atoms with E-state index >= 15 is 0 Å². The third-order valence-corrected chi connectivity index (χ3v) is 5.72. The first-order valence-corrected chi connectivity index (χ1v) is 7.59. The fourth-order valence-electron chi connectivity index (χ4n) is 1.54. The Balaban J connectivity index is 4.21. The van der Waals surface area contributed by atoms with E-state index in [0.717, 1.165) is 26.1 Å². The Morgan fingerprint density at radius 1 is 1.14 bits per heavy atom. The third kappa shape index (κ3) is 5.34. The molecule has 2 atom stereocenters. The molecule has 0 aromatic carbocycles. The highest BCUT2D eigenvalue weighted by atomic mass is 35.5. The molecule has 0 saturated carbocycles. The minimum atomic E-state index is -1.56. The molecule has 0 radical (unpaired) electrons. The smallest absolute Gasteiger partial charge is 0.326 e. The maximum Gasteiger partial charge on any atom is 0.326 e. The van der Waals surface area contributed by atoms with Crippen LogP contribution < -0.4 is 0 Å². The molecular weight excluding hydrogens is 216 g/mol. The van der Waals surface area contributed by atoms with Gasteiger partial charge >= 0.3 is 9.28 Å². The Morgan fingerprint density at radius 2 is 1.64 bits per heavy atom. The van der Waals surface area contributed by atoms with E-state index in [2.05, 4.69) is 6.92 Å². The molecule has 4 heteroatoms. The molecule has 0 saturated heterocycles. The van der Waals surface area contributed by atoms with Gasteiger partial charge in [0.25, 0.3) is 0 Å². The van der Waals surface area contributed by atoms with Gasteiger partial charge in [-0.1, -0.05) is 13.3 Å². The first kappa shape index (κ1) is 14.4. The molecular formula is C10H23ClO2Si. The molecule has 0 N–H and O–H groups in total. The fourth-order valence-corrected chi connectivity index (χ4v) is 4.31. The van der Waals surface area contributed by atoms with Crippen molar-refractivity contribution >= 4 is 20.9 Å². The van der Waals surface area contributed by atoms with Crippen molar-refractivity contribution in [3.05, 3.63) is 0 Å². The predicted octanol–water partition coefficient (Wildman–Crippen LogP) is 3.08. The van der Waals surface area contributed by atoms with E-state index in [4.69, 9.17) is 20.5 Å². The Morgan fingerprint density at radius 3 is 1.93 bits per heavy atom. The summed E-state index contributed by atoms with van der Waals surface area (Å²) in [6, 6.07) is 0. The zero-order valence-corrected chi connectivity index (χ0v) is 11.7. The van der Waals surface area contributed by atoms with Crippen molar-refractivity contribution in [1.29, 1.82) is 0 Å². The lowest BCUT2D eigenvalue weighted by Crippen LogP contribution is -2.33. The van der Waals surface area contributed by atoms with Crippen LogP contribution in [0.15, 0.2) is 0 Å². The molecule has 0 amide bonds. The van der Waals surface area contributed by atoms with Gasteiger partial charge < -0.3 is 8.85 Å². The second-order valence-corrected chi connectivity index (χ2v) is 6.36. The van der Waals surface area contributed by atoms with Gasteiger partial charge in [0, 0.05) is 24.1 Å². The topological polar surface area (TPSA) is 18.5 Å². The second-order valence-electron chi connectivity index (χ2n) is 3.41. The molecule has 0 aromatic rings. The Hall–Kier alpha value is 0.427. The summed E-state index contributed by atoms with van der Waals surface area (Å²) >= 11 is 6.16. The van der Waals surface area contributed by atoms with Crippen LogP contribution in [-0.2, 0) is 8.85 Å². The highest BCUT2D eigenvalue weighted by molar-refractivity contribution is 6.48. The van der Waals surface area contributed by atoms with Crippen molar-refractivity contribution in [1.82, 2.24) is 0 Å². The molecule has 2 unspecified atom stereocenters. The van der Waals surface area contributed by atoms with Crippen LogP contribution in [0.4, 0.5) is 0 Å². The molecule has 14 heavy (non-hydrogen) atoms. The van der Waals surface area contributed by atoms with E-state index < -0.39 is 9.28 Å². The first-order chi connectivity index (χ1) is 6.67. The van der Waals surface area contributed by atoms with Gasteiger partial charge in [-0.25, -0.2) is 0 Å². The lowest BCUT2D eigenvalue weighted by molar-refractivity contribution is 0.201. The Labute approximate surface area is 94.8 Å². The Bertz CT molecular complexity index is 127. The monoisotopic (exact) mass is 238 g/mol. The van der Waals surface area contributed by atoms with Crippen LogP contribution in [0.25, 0.3) is 0 Å². The number of hydrogen-bond donors (Lipinski definition) is 0. The molecule has 86 valence electrons. The van der Waals surface area contributed by atoms with Gasteiger partial charge in [0.15, 0.2) is 0 Å². The van der Waals surface area contributed by atoms with E-state index in [1.165, 1.54) is 0 Å². The SMILES string of the molecule is CCCC(C(C)Cl)[SiH](OCC)OCC. The molecule has 0 fully saturated rings. The van der Waals surface area contributed by atoms with Crippen LogP contribution in [0.1, 0.15) is 40.5 Å².